The van der Waals surface area contributed by atoms with Crippen LogP contribution >= 0.6 is 23.2 Å². The van der Waals surface area contributed by atoms with Gasteiger partial charge in [0.15, 0.2) is 0 Å². The van der Waals surface area contributed by atoms with Crippen molar-refractivity contribution >= 4 is 46.3 Å². The molecule has 2 heterocycles. The Labute approximate surface area is 189 Å². The number of methoxy groups -OCH3 is 1. The van der Waals surface area contributed by atoms with Crippen molar-refractivity contribution in [3.63, 3.8) is 0 Å². The first-order valence-electron chi connectivity index (χ1n) is 9.34. The van der Waals surface area contributed by atoms with Crippen LogP contribution in [0, 0.1) is 0 Å². The van der Waals surface area contributed by atoms with Crippen LogP contribution in [0.15, 0.2) is 72.7 Å². The third kappa shape index (κ3) is 4.26. The summed E-state index contributed by atoms with van der Waals surface area (Å²) < 4.78 is 5.25. The molecule has 1 aromatic heterocycles. The van der Waals surface area contributed by atoms with Gasteiger partial charge in [-0.1, -0.05) is 35.3 Å². The lowest BCUT2D eigenvalue weighted by Gasteiger charge is -2.15. The maximum absolute atomic E-state index is 13.4. The molecule has 8 heteroatoms. The first-order valence-corrected chi connectivity index (χ1v) is 10.1. The van der Waals surface area contributed by atoms with Gasteiger partial charge in [0, 0.05) is 34.7 Å². The molecule has 0 atom stereocenters. The lowest BCUT2D eigenvalue weighted by molar-refractivity contribution is -0.137. The van der Waals surface area contributed by atoms with Crippen LogP contribution in [-0.2, 0) is 16.1 Å². The van der Waals surface area contributed by atoms with E-state index in [1.54, 1.807) is 68.0 Å². The SMILES string of the molecule is COc1cccc(NC2=C(c3ccc(Cl)cc3Cl)C(=O)N(Cc3ccncc3)C2=O)c1. The fraction of sp³-hybridized carbons (Fsp3) is 0.0870. The number of rotatable bonds is 6. The molecule has 0 fully saturated rings. The monoisotopic (exact) mass is 453 g/mol. The summed E-state index contributed by atoms with van der Waals surface area (Å²) in [7, 11) is 1.55. The van der Waals surface area contributed by atoms with Crippen LogP contribution in [0.4, 0.5) is 5.69 Å². The number of amides is 2. The second kappa shape index (κ2) is 8.79. The zero-order valence-corrected chi connectivity index (χ0v) is 17.9. The Morgan fingerprint density at radius 3 is 2.48 bits per heavy atom. The fourth-order valence-corrected chi connectivity index (χ4v) is 3.80. The highest BCUT2D eigenvalue weighted by Gasteiger charge is 2.40. The van der Waals surface area contributed by atoms with Gasteiger partial charge in [-0.15, -0.1) is 0 Å². The van der Waals surface area contributed by atoms with Crippen molar-refractivity contribution in [2.45, 2.75) is 6.54 Å². The Kier molecular flexibility index (Phi) is 5.93. The highest BCUT2D eigenvalue weighted by molar-refractivity contribution is 6.41. The molecule has 3 aromatic rings. The second-order valence-corrected chi connectivity index (χ2v) is 7.63. The molecule has 0 bridgehead atoms. The largest absolute Gasteiger partial charge is 0.497 e. The van der Waals surface area contributed by atoms with Gasteiger partial charge in [0.25, 0.3) is 11.8 Å². The van der Waals surface area contributed by atoms with Gasteiger partial charge in [-0.25, -0.2) is 0 Å². The Morgan fingerprint density at radius 1 is 1.00 bits per heavy atom. The summed E-state index contributed by atoms with van der Waals surface area (Å²) in [4.78, 5) is 31.8. The van der Waals surface area contributed by atoms with Crippen molar-refractivity contribution in [1.82, 2.24) is 9.88 Å². The molecule has 0 spiro atoms. The number of benzene rings is 2. The summed E-state index contributed by atoms with van der Waals surface area (Å²) in [6, 6.07) is 15.4. The number of pyridine rings is 1. The number of halogens is 2. The molecule has 1 aliphatic rings. The van der Waals surface area contributed by atoms with Crippen LogP contribution in [0.25, 0.3) is 5.57 Å². The van der Waals surface area contributed by atoms with Crippen molar-refractivity contribution in [2.24, 2.45) is 0 Å². The molecule has 2 amide bonds. The van der Waals surface area contributed by atoms with E-state index in [-0.39, 0.29) is 22.8 Å². The molecular formula is C23H17Cl2N3O3. The maximum Gasteiger partial charge on any atom is 0.278 e. The van der Waals surface area contributed by atoms with Crippen molar-refractivity contribution in [2.75, 3.05) is 12.4 Å². The van der Waals surface area contributed by atoms with E-state index in [2.05, 4.69) is 10.3 Å². The van der Waals surface area contributed by atoms with E-state index in [0.29, 0.717) is 22.0 Å². The Balaban J connectivity index is 1.78. The zero-order chi connectivity index (χ0) is 22.0. The number of ether oxygens (including phenoxy) is 1. The van der Waals surface area contributed by atoms with Gasteiger partial charge in [0.2, 0.25) is 0 Å². The number of imide groups is 1. The van der Waals surface area contributed by atoms with Crippen LogP contribution in [0.2, 0.25) is 10.0 Å². The number of nitrogens with one attached hydrogen (secondary N) is 1. The van der Waals surface area contributed by atoms with Crippen molar-refractivity contribution < 1.29 is 14.3 Å². The molecule has 0 radical (unpaired) electrons. The molecule has 0 unspecified atom stereocenters. The average molecular weight is 454 g/mol. The van der Waals surface area contributed by atoms with Crippen LogP contribution in [0.1, 0.15) is 11.1 Å². The molecule has 0 aliphatic carbocycles. The number of aromatic nitrogens is 1. The summed E-state index contributed by atoms with van der Waals surface area (Å²) in [6.07, 6.45) is 3.22. The predicted octanol–water partition coefficient (Wildman–Crippen LogP) is 4.79. The number of carbonyl (C=O) groups excluding carboxylic acids is 2. The molecule has 1 N–H and O–H groups in total. The topological polar surface area (TPSA) is 71.5 Å². The highest BCUT2D eigenvalue weighted by atomic mass is 35.5. The summed E-state index contributed by atoms with van der Waals surface area (Å²) in [5, 5.41) is 3.80. The number of nitrogens with zero attached hydrogens (tertiary/aromatic N) is 2. The van der Waals surface area contributed by atoms with E-state index in [1.807, 2.05) is 0 Å². The third-order valence-electron chi connectivity index (χ3n) is 4.80. The molecule has 156 valence electrons. The molecule has 0 saturated heterocycles. The summed E-state index contributed by atoms with van der Waals surface area (Å²) >= 11 is 12.4. The second-order valence-electron chi connectivity index (χ2n) is 6.78. The van der Waals surface area contributed by atoms with Crippen LogP contribution in [-0.4, -0.2) is 28.8 Å². The van der Waals surface area contributed by atoms with E-state index >= 15 is 0 Å². The van der Waals surface area contributed by atoms with Crippen LogP contribution in [0.3, 0.4) is 0 Å². The van der Waals surface area contributed by atoms with E-state index < -0.39 is 11.8 Å². The first-order chi connectivity index (χ1) is 15.0. The number of anilines is 1. The zero-order valence-electron chi connectivity index (χ0n) is 16.4. The minimum Gasteiger partial charge on any atom is -0.497 e. The highest BCUT2D eigenvalue weighted by Crippen LogP contribution is 2.36. The van der Waals surface area contributed by atoms with E-state index in [9.17, 15) is 9.59 Å². The van der Waals surface area contributed by atoms with Crippen molar-refractivity contribution in [3.05, 3.63) is 93.9 Å². The molecule has 6 nitrogen and oxygen atoms in total. The molecule has 1 aliphatic heterocycles. The fourth-order valence-electron chi connectivity index (χ4n) is 3.29. The summed E-state index contributed by atoms with van der Waals surface area (Å²) in [6.45, 7) is 0.109. The van der Waals surface area contributed by atoms with Crippen molar-refractivity contribution in [3.8, 4) is 5.75 Å². The number of hydrogen-bond acceptors (Lipinski definition) is 5. The smallest absolute Gasteiger partial charge is 0.278 e. The Morgan fingerprint density at radius 2 is 1.77 bits per heavy atom. The molecular weight excluding hydrogens is 437 g/mol. The standard InChI is InChI=1S/C23H17Cl2N3O3/c1-31-17-4-2-3-16(12-17)27-21-20(18-6-5-15(24)11-19(18)25)22(29)28(23(21)30)13-14-7-9-26-10-8-14/h2-12,27H,13H2,1H3. The van der Waals surface area contributed by atoms with Crippen molar-refractivity contribution in [1.29, 1.82) is 0 Å². The molecule has 2 aromatic carbocycles. The third-order valence-corrected chi connectivity index (χ3v) is 5.35. The molecule has 0 saturated carbocycles. The van der Waals surface area contributed by atoms with E-state index in [1.165, 1.54) is 11.0 Å². The van der Waals surface area contributed by atoms with E-state index in [4.69, 9.17) is 27.9 Å². The van der Waals surface area contributed by atoms with Gasteiger partial charge >= 0.3 is 0 Å². The normalized spacial score (nSPS) is 13.7. The van der Waals surface area contributed by atoms with Gasteiger partial charge in [0.1, 0.15) is 11.4 Å². The lowest BCUT2D eigenvalue weighted by atomic mass is 10.0. The first kappa shape index (κ1) is 20.9. The maximum atomic E-state index is 13.4. The summed E-state index contributed by atoms with van der Waals surface area (Å²) in [5.41, 5.74) is 2.12. The average Bonchev–Trinajstić information content (AvgIpc) is 2.99. The van der Waals surface area contributed by atoms with Gasteiger partial charge in [0.05, 0.1) is 24.3 Å². The molecule has 31 heavy (non-hydrogen) atoms. The van der Waals surface area contributed by atoms with Crippen LogP contribution in [0.5, 0.6) is 5.75 Å². The molecule has 4 rings (SSSR count). The van der Waals surface area contributed by atoms with Gasteiger partial charge in [-0.3, -0.25) is 19.5 Å². The summed E-state index contributed by atoms with van der Waals surface area (Å²) in [5.74, 6) is -0.288. The minimum atomic E-state index is -0.453. The Bertz CT molecular complexity index is 1200. The van der Waals surface area contributed by atoms with Crippen LogP contribution < -0.4 is 10.1 Å². The predicted molar refractivity (Wildman–Crippen MR) is 120 cm³/mol. The minimum absolute atomic E-state index is 0.109. The van der Waals surface area contributed by atoms with Gasteiger partial charge in [-0.2, -0.15) is 0 Å². The Hall–Kier alpha value is -3.35. The lowest BCUT2D eigenvalue weighted by Crippen LogP contribution is -2.32. The quantitative estimate of drug-likeness (QED) is 0.543. The van der Waals surface area contributed by atoms with Gasteiger partial charge in [-0.05, 0) is 42.0 Å². The van der Waals surface area contributed by atoms with E-state index in [0.717, 1.165) is 5.56 Å². The number of carbonyl (C=O) groups is 2. The number of hydrogen-bond donors (Lipinski definition) is 1. The van der Waals surface area contributed by atoms with Gasteiger partial charge < -0.3 is 10.1 Å².